The molecule has 1 fully saturated rings. The Morgan fingerprint density at radius 2 is 1.96 bits per heavy atom. The zero-order valence-corrected chi connectivity index (χ0v) is 16.0. The van der Waals surface area contributed by atoms with Gasteiger partial charge in [0.05, 0.1) is 16.6 Å². The molecular weight excluding hydrogens is 358 g/mol. The number of carbonyl (C=O) groups excluding carboxylic acids is 2. The smallest absolute Gasteiger partial charge is 0.339 e. The molecule has 2 aromatic heterocycles. The van der Waals surface area contributed by atoms with Crippen molar-refractivity contribution in [3.63, 3.8) is 0 Å². The molecule has 1 saturated carbocycles. The maximum Gasteiger partial charge on any atom is 0.339 e. The third-order valence-corrected chi connectivity index (χ3v) is 4.96. The Hall–Kier alpha value is -3.22. The number of para-hydroxylation sites is 1. The Bertz CT molecular complexity index is 1040. The lowest BCUT2D eigenvalue weighted by atomic mass is 10.1. The van der Waals surface area contributed by atoms with Crippen LogP contribution in [-0.4, -0.2) is 35.2 Å². The van der Waals surface area contributed by atoms with E-state index in [2.05, 4.69) is 10.1 Å². The molecule has 0 saturated heterocycles. The molecule has 1 amide bonds. The van der Waals surface area contributed by atoms with E-state index < -0.39 is 12.1 Å². The largest absolute Gasteiger partial charge is 0.449 e. The van der Waals surface area contributed by atoms with E-state index in [1.165, 1.54) is 4.90 Å². The predicted molar refractivity (Wildman–Crippen MR) is 103 cm³/mol. The van der Waals surface area contributed by atoms with Crippen LogP contribution in [0.4, 0.5) is 5.69 Å². The van der Waals surface area contributed by atoms with Crippen LogP contribution in [0.15, 0.2) is 40.9 Å². The molecule has 0 radical (unpaired) electrons. The molecule has 1 unspecified atom stereocenters. The van der Waals surface area contributed by atoms with Gasteiger partial charge in [0, 0.05) is 24.3 Å². The van der Waals surface area contributed by atoms with Crippen LogP contribution in [0, 0.1) is 6.92 Å². The fraction of sp³-hybridized carbons (Fsp3) is 0.333. The number of ether oxygens (including phenoxy) is 1. The number of pyridine rings is 1. The highest BCUT2D eigenvalue weighted by Gasteiger charge is 2.30. The number of benzene rings is 1. The predicted octanol–water partition coefficient (Wildman–Crippen LogP) is 3.62. The van der Waals surface area contributed by atoms with Crippen molar-refractivity contribution < 1.29 is 18.8 Å². The second-order valence-electron chi connectivity index (χ2n) is 7.10. The summed E-state index contributed by atoms with van der Waals surface area (Å²) in [5, 5.41) is 4.45. The molecule has 1 aliphatic carbocycles. The van der Waals surface area contributed by atoms with Crippen molar-refractivity contribution >= 4 is 28.7 Å². The van der Waals surface area contributed by atoms with Crippen LogP contribution in [0.3, 0.4) is 0 Å². The summed E-state index contributed by atoms with van der Waals surface area (Å²) in [6.07, 6.45) is 1.14. The minimum atomic E-state index is -0.939. The van der Waals surface area contributed by atoms with Crippen LogP contribution in [-0.2, 0) is 9.53 Å². The SMILES string of the molecule is Cc1noc2nc(C3CC3)cc(C(=O)OC(C)C(=O)N(C)c3ccccc3)c12. The molecule has 3 aromatic rings. The summed E-state index contributed by atoms with van der Waals surface area (Å²) in [5.41, 5.74) is 2.77. The normalized spacial score (nSPS) is 14.7. The molecule has 4 rings (SSSR count). The summed E-state index contributed by atoms with van der Waals surface area (Å²) in [6.45, 7) is 3.32. The molecule has 144 valence electrons. The number of rotatable bonds is 5. The lowest BCUT2D eigenvalue weighted by Gasteiger charge is -2.21. The maximum absolute atomic E-state index is 12.9. The zero-order chi connectivity index (χ0) is 19.8. The van der Waals surface area contributed by atoms with Crippen LogP contribution < -0.4 is 4.90 Å². The number of fused-ring (bicyclic) bond motifs is 1. The molecule has 7 heteroatoms. The van der Waals surface area contributed by atoms with Crippen molar-refractivity contribution in [3.8, 4) is 0 Å². The Labute approximate surface area is 162 Å². The van der Waals surface area contributed by atoms with E-state index in [0.717, 1.165) is 24.2 Å². The molecule has 0 bridgehead atoms. The van der Waals surface area contributed by atoms with Crippen LogP contribution in [0.2, 0.25) is 0 Å². The zero-order valence-electron chi connectivity index (χ0n) is 16.0. The molecule has 2 heterocycles. The van der Waals surface area contributed by atoms with Crippen LogP contribution >= 0.6 is 0 Å². The van der Waals surface area contributed by atoms with Gasteiger partial charge in [-0.3, -0.25) is 4.79 Å². The first-order valence-electron chi connectivity index (χ1n) is 9.26. The van der Waals surface area contributed by atoms with Crippen molar-refractivity contribution in [3.05, 3.63) is 53.3 Å². The van der Waals surface area contributed by atoms with Crippen LogP contribution in [0.1, 0.15) is 47.4 Å². The van der Waals surface area contributed by atoms with E-state index in [4.69, 9.17) is 9.26 Å². The Morgan fingerprint density at radius 1 is 1.25 bits per heavy atom. The first-order valence-corrected chi connectivity index (χ1v) is 9.26. The average Bonchev–Trinajstić information content (AvgIpc) is 3.50. The molecule has 0 N–H and O–H groups in total. The Morgan fingerprint density at radius 3 is 2.64 bits per heavy atom. The number of hydrogen-bond donors (Lipinski definition) is 0. The summed E-state index contributed by atoms with van der Waals surface area (Å²) in [4.78, 5) is 31.5. The quantitative estimate of drug-likeness (QED) is 0.630. The fourth-order valence-corrected chi connectivity index (χ4v) is 3.19. The molecular formula is C21H21N3O4. The van der Waals surface area contributed by atoms with E-state index >= 15 is 0 Å². The number of amides is 1. The van der Waals surface area contributed by atoms with Gasteiger partial charge in [0.2, 0.25) is 0 Å². The highest BCUT2D eigenvalue weighted by Crippen LogP contribution is 2.40. The van der Waals surface area contributed by atoms with Gasteiger partial charge in [-0.25, -0.2) is 9.78 Å². The van der Waals surface area contributed by atoms with Gasteiger partial charge >= 0.3 is 5.97 Å². The third kappa shape index (κ3) is 3.35. The summed E-state index contributed by atoms with van der Waals surface area (Å²) < 4.78 is 10.8. The van der Waals surface area contributed by atoms with Crippen LogP contribution in [0.5, 0.6) is 0 Å². The van der Waals surface area contributed by atoms with Crippen molar-refractivity contribution in [1.82, 2.24) is 10.1 Å². The highest BCUT2D eigenvalue weighted by molar-refractivity contribution is 6.05. The number of anilines is 1. The fourth-order valence-electron chi connectivity index (χ4n) is 3.19. The number of likely N-dealkylation sites (N-methyl/N-ethyl adjacent to an activating group) is 1. The Balaban J connectivity index is 1.58. The summed E-state index contributed by atoms with van der Waals surface area (Å²) in [7, 11) is 1.65. The minimum Gasteiger partial charge on any atom is -0.449 e. The standard InChI is InChI=1S/C21H21N3O4/c1-12-18-16(11-17(14-9-10-14)22-19(18)28-23-12)21(26)27-13(2)20(25)24(3)15-7-5-4-6-8-15/h4-8,11,13-14H,9-10H2,1-3H3. The van der Waals surface area contributed by atoms with Gasteiger partial charge in [0.1, 0.15) is 0 Å². The molecule has 1 aliphatic rings. The molecule has 1 atom stereocenters. The van der Waals surface area contributed by atoms with Gasteiger partial charge in [-0.15, -0.1) is 0 Å². The summed E-state index contributed by atoms with van der Waals surface area (Å²) in [6, 6.07) is 10.9. The molecule has 0 spiro atoms. The monoisotopic (exact) mass is 379 g/mol. The van der Waals surface area contributed by atoms with Crippen molar-refractivity contribution in [2.24, 2.45) is 0 Å². The summed E-state index contributed by atoms with van der Waals surface area (Å²) in [5.74, 6) is -0.554. The van der Waals surface area contributed by atoms with E-state index in [0.29, 0.717) is 28.3 Å². The number of esters is 1. The average molecular weight is 379 g/mol. The number of nitrogens with zero attached hydrogens (tertiary/aromatic N) is 3. The van der Waals surface area contributed by atoms with Gasteiger partial charge in [-0.05, 0) is 44.9 Å². The lowest BCUT2D eigenvalue weighted by molar-refractivity contribution is -0.126. The third-order valence-electron chi connectivity index (χ3n) is 4.96. The van der Waals surface area contributed by atoms with Gasteiger partial charge in [-0.2, -0.15) is 0 Å². The van der Waals surface area contributed by atoms with Crippen molar-refractivity contribution in [2.45, 2.75) is 38.7 Å². The van der Waals surface area contributed by atoms with Crippen molar-refractivity contribution in [1.29, 1.82) is 0 Å². The Kier molecular flexibility index (Phi) is 4.58. The van der Waals surface area contributed by atoms with Gasteiger partial charge < -0.3 is 14.2 Å². The van der Waals surface area contributed by atoms with E-state index in [-0.39, 0.29) is 5.91 Å². The topological polar surface area (TPSA) is 85.5 Å². The number of aromatic nitrogens is 2. The number of hydrogen-bond acceptors (Lipinski definition) is 6. The minimum absolute atomic E-state index is 0.311. The lowest BCUT2D eigenvalue weighted by Crippen LogP contribution is -2.37. The molecule has 1 aromatic carbocycles. The second-order valence-corrected chi connectivity index (χ2v) is 7.10. The van der Waals surface area contributed by atoms with E-state index in [1.54, 1.807) is 27.0 Å². The second kappa shape index (κ2) is 7.07. The highest BCUT2D eigenvalue weighted by atomic mass is 16.5. The van der Waals surface area contributed by atoms with Crippen molar-refractivity contribution in [2.75, 3.05) is 11.9 Å². The number of carbonyl (C=O) groups is 2. The van der Waals surface area contributed by atoms with E-state index in [9.17, 15) is 9.59 Å². The maximum atomic E-state index is 12.9. The first kappa shape index (κ1) is 18.2. The summed E-state index contributed by atoms with van der Waals surface area (Å²) >= 11 is 0. The molecule has 28 heavy (non-hydrogen) atoms. The van der Waals surface area contributed by atoms with E-state index in [1.807, 2.05) is 30.3 Å². The van der Waals surface area contributed by atoms with Crippen LogP contribution in [0.25, 0.3) is 11.1 Å². The first-order chi connectivity index (χ1) is 13.5. The van der Waals surface area contributed by atoms with Gasteiger partial charge in [0.25, 0.3) is 11.6 Å². The molecule has 0 aliphatic heterocycles. The number of aryl methyl sites for hydroxylation is 1. The van der Waals surface area contributed by atoms with Gasteiger partial charge in [-0.1, -0.05) is 23.4 Å². The molecule has 7 nitrogen and oxygen atoms in total. The van der Waals surface area contributed by atoms with Gasteiger partial charge in [0.15, 0.2) is 6.10 Å².